The molecule has 0 saturated carbocycles. The predicted molar refractivity (Wildman–Crippen MR) is 90.7 cm³/mol. The highest BCUT2D eigenvalue weighted by Gasteiger charge is 2.26. The lowest BCUT2D eigenvalue weighted by atomic mass is 10.2. The molecule has 0 bridgehead atoms. The molecule has 1 fully saturated rings. The summed E-state index contributed by atoms with van der Waals surface area (Å²) in [7, 11) is 1.93. The quantitative estimate of drug-likeness (QED) is 0.811. The summed E-state index contributed by atoms with van der Waals surface area (Å²) in [4.78, 5) is 16.2. The monoisotopic (exact) mass is 316 g/mol. The predicted octanol–water partition coefficient (Wildman–Crippen LogP) is 2.63. The van der Waals surface area contributed by atoms with Crippen molar-refractivity contribution in [1.29, 1.82) is 0 Å². The van der Waals surface area contributed by atoms with Crippen molar-refractivity contribution in [3.63, 3.8) is 0 Å². The Bertz CT molecular complexity index is 709. The number of hydrogen-bond acceptors (Lipinski definition) is 4. The molecule has 1 aromatic heterocycles. The minimum Gasteiger partial charge on any atom is -0.444 e. The largest absolute Gasteiger partial charge is 0.444 e. The van der Waals surface area contributed by atoms with Crippen molar-refractivity contribution in [3.8, 4) is 0 Å². The molecular weight excluding hydrogens is 292 g/mol. The first-order valence-corrected chi connectivity index (χ1v) is 7.98. The summed E-state index contributed by atoms with van der Waals surface area (Å²) >= 11 is 0. The number of hydrogen-bond donors (Lipinski definition) is 0. The van der Waals surface area contributed by atoms with Gasteiger partial charge in [0.2, 0.25) is 0 Å². The molecule has 1 amide bonds. The van der Waals surface area contributed by atoms with E-state index in [1.807, 2.05) is 38.7 Å². The van der Waals surface area contributed by atoms with E-state index >= 15 is 0 Å². The van der Waals surface area contributed by atoms with Gasteiger partial charge in [-0.15, -0.1) is 0 Å². The van der Waals surface area contributed by atoms with Crippen LogP contribution in [0.15, 0.2) is 24.4 Å². The SMILES string of the molecule is Cn1cc2ccc(N3CCN(C(=O)OC(C)(C)C)CC3)cc2n1. The first kappa shape index (κ1) is 15.6. The minimum atomic E-state index is -0.446. The molecule has 1 aromatic carbocycles. The fraction of sp³-hybridized carbons (Fsp3) is 0.529. The minimum absolute atomic E-state index is 0.225. The fourth-order valence-electron chi connectivity index (χ4n) is 2.80. The van der Waals surface area contributed by atoms with Crippen LogP contribution in [-0.2, 0) is 11.8 Å². The Kier molecular flexibility index (Phi) is 3.92. The van der Waals surface area contributed by atoms with Gasteiger partial charge in [0.15, 0.2) is 0 Å². The molecule has 0 N–H and O–H groups in total. The summed E-state index contributed by atoms with van der Waals surface area (Å²) in [5.74, 6) is 0. The summed E-state index contributed by atoms with van der Waals surface area (Å²) in [6, 6.07) is 6.32. The molecular formula is C17H24N4O2. The van der Waals surface area contributed by atoms with E-state index in [9.17, 15) is 4.79 Å². The molecule has 1 aliphatic heterocycles. The summed E-state index contributed by atoms with van der Waals surface area (Å²) < 4.78 is 7.26. The van der Waals surface area contributed by atoms with Crippen LogP contribution in [-0.4, -0.2) is 52.6 Å². The Labute approximate surface area is 136 Å². The Morgan fingerprint density at radius 2 is 1.87 bits per heavy atom. The lowest BCUT2D eigenvalue weighted by molar-refractivity contribution is 0.0240. The van der Waals surface area contributed by atoms with Crippen molar-refractivity contribution in [2.45, 2.75) is 26.4 Å². The van der Waals surface area contributed by atoms with Crippen LogP contribution >= 0.6 is 0 Å². The van der Waals surface area contributed by atoms with Gasteiger partial charge in [0.05, 0.1) is 5.52 Å². The third-order valence-corrected chi connectivity index (χ3v) is 3.90. The van der Waals surface area contributed by atoms with Crippen molar-refractivity contribution in [2.24, 2.45) is 7.05 Å². The van der Waals surface area contributed by atoms with Crippen LogP contribution in [0, 0.1) is 0 Å². The maximum absolute atomic E-state index is 12.1. The van der Waals surface area contributed by atoms with Gasteiger partial charge in [-0.1, -0.05) is 0 Å². The summed E-state index contributed by atoms with van der Waals surface area (Å²) in [5.41, 5.74) is 1.71. The standard InChI is InChI=1S/C17H24N4O2/c1-17(2,3)23-16(22)21-9-7-20(8-10-21)14-6-5-13-12-19(4)18-15(13)11-14/h5-6,11-12H,7-10H2,1-4H3. The van der Waals surface area contributed by atoms with Gasteiger partial charge in [-0.3, -0.25) is 4.68 Å². The summed E-state index contributed by atoms with van der Waals surface area (Å²) in [6.45, 7) is 8.63. The number of ether oxygens (including phenoxy) is 1. The molecule has 1 saturated heterocycles. The van der Waals surface area contributed by atoms with Crippen LogP contribution in [0.5, 0.6) is 0 Å². The van der Waals surface area contributed by atoms with Crippen LogP contribution in [0.4, 0.5) is 10.5 Å². The molecule has 1 aliphatic rings. The van der Waals surface area contributed by atoms with Gasteiger partial charge in [0.25, 0.3) is 0 Å². The van der Waals surface area contributed by atoms with Gasteiger partial charge >= 0.3 is 6.09 Å². The average Bonchev–Trinajstić information content (AvgIpc) is 2.84. The number of nitrogens with zero attached hydrogens (tertiary/aromatic N) is 4. The van der Waals surface area contributed by atoms with Gasteiger partial charge in [0, 0.05) is 50.5 Å². The second kappa shape index (κ2) is 5.76. The van der Waals surface area contributed by atoms with Gasteiger partial charge < -0.3 is 14.5 Å². The Morgan fingerprint density at radius 1 is 1.17 bits per heavy atom. The van der Waals surface area contributed by atoms with E-state index in [2.05, 4.69) is 28.2 Å². The van der Waals surface area contributed by atoms with E-state index in [4.69, 9.17) is 4.74 Å². The molecule has 0 unspecified atom stereocenters. The number of aromatic nitrogens is 2. The molecule has 6 nitrogen and oxygen atoms in total. The topological polar surface area (TPSA) is 50.6 Å². The normalized spacial score (nSPS) is 16.0. The second-order valence-corrected chi connectivity index (χ2v) is 7.00. The Morgan fingerprint density at radius 3 is 2.52 bits per heavy atom. The van der Waals surface area contributed by atoms with Gasteiger partial charge in [0.1, 0.15) is 5.60 Å². The average molecular weight is 316 g/mol. The molecule has 2 heterocycles. The molecule has 3 rings (SSSR count). The first-order valence-electron chi connectivity index (χ1n) is 7.98. The second-order valence-electron chi connectivity index (χ2n) is 7.00. The van der Waals surface area contributed by atoms with E-state index < -0.39 is 5.60 Å². The number of rotatable bonds is 1. The Hall–Kier alpha value is -2.24. The number of benzene rings is 1. The maximum atomic E-state index is 12.1. The third-order valence-electron chi connectivity index (χ3n) is 3.90. The lowest BCUT2D eigenvalue weighted by Crippen LogP contribution is -2.50. The van der Waals surface area contributed by atoms with Crippen LogP contribution in [0.1, 0.15) is 20.8 Å². The van der Waals surface area contributed by atoms with Crippen molar-refractivity contribution < 1.29 is 9.53 Å². The number of amides is 1. The van der Waals surface area contributed by atoms with Crippen LogP contribution < -0.4 is 4.90 Å². The van der Waals surface area contributed by atoms with E-state index in [1.165, 1.54) is 0 Å². The Balaban J connectivity index is 1.64. The molecule has 0 aliphatic carbocycles. The number of piperazine rings is 1. The molecule has 6 heteroatoms. The molecule has 0 atom stereocenters. The first-order chi connectivity index (χ1) is 10.8. The highest BCUT2D eigenvalue weighted by molar-refractivity contribution is 5.82. The lowest BCUT2D eigenvalue weighted by Gasteiger charge is -2.36. The smallest absolute Gasteiger partial charge is 0.410 e. The molecule has 124 valence electrons. The van der Waals surface area contributed by atoms with Crippen molar-refractivity contribution in [3.05, 3.63) is 24.4 Å². The van der Waals surface area contributed by atoms with E-state index in [0.29, 0.717) is 13.1 Å². The highest BCUT2D eigenvalue weighted by atomic mass is 16.6. The number of aryl methyl sites for hydroxylation is 1. The van der Waals surface area contributed by atoms with Crippen LogP contribution in [0.25, 0.3) is 10.9 Å². The molecule has 0 radical (unpaired) electrons. The van der Waals surface area contributed by atoms with Crippen molar-refractivity contribution in [2.75, 3.05) is 31.1 Å². The third kappa shape index (κ3) is 3.57. The number of carbonyl (C=O) groups excluding carboxylic acids is 1. The zero-order valence-electron chi connectivity index (χ0n) is 14.2. The molecule has 23 heavy (non-hydrogen) atoms. The number of carbonyl (C=O) groups is 1. The van der Waals surface area contributed by atoms with Gasteiger partial charge in [-0.2, -0.15) is 5.10 Å². The van der Waals surface area contributed by atoms with Crippen LogP contribution in [0.3, 0.4) is 0 Å². The van der Waals surface area contributed by atoms with Crippen molar-refractivity contribution >= 4 is 22.7 Å². The number of anilines is 1. The number of fused-ring (bicyclic) bond motifs is 1. The van der Waals surface area contributed by atoms with Gasteiger partial charge in [-0.05, 0) is 39.0 Å². The van der Waals surface area contributed by atoms with E-state index in [1.54, 1.807) is 4.90 Å². The zero-order chi connectivity index (χ0) is 16.6. The van der Waals surface area contributed by atoms with Gasteiger partial charge in [-0.25, -0.2) is 4.79 Å². The maximum Gasteiger partial charge on any atom is 0.410 e. The molecule has 0 spiro atoms. The highest BCUT2D eigenvalue weighted by Crippen LogP contribution is 2.22. The molecule has 2 aromatic rings. The fourth-order valence-corrected chi connectivity index (χ4v) is 2.80. The summed E-state index contributed by atoms with van der Waals surface area (Å²) in [5, 5.41) is 5.60. The van der Waals surface area contributed by atoms with E-state index in [-0.39, 0.29) is 6.09 Å². The van der Waals surface area contributed by atoms with Crippen LogP contribution in [0.2, 0.25) is 0 Å². The zero-order valence-corrected chi connectivity index (χ0v) is 14.2. The van der Waals surface area contributed by atoms with E-state index in [0.717, 1.165) is 29.7 Å². The summed E-state index contributed by atoms with van der Waals surface area (Å²) in [6.07, 6.45) is 1.79. The van der Waals surface area contributed by atoms with Crippen molar-refractivity contribution in [1.82, 2.24) is 14.7 Å².